The lowest BCUT2D eigenvalue weighted by Crippen LogP contribution is -2.19. The van der Waals surface area contributed by atoms with Crippen molar-refractivity contribution in [3.05, 3.63) is 70.3 Å². The van der Waals surface area contributed by atoms with Gasteiger partial charge in [0.05, 0.1) is 16.5 Å². The minimum atomic E-state index is -4.56. The van der Waals surface area contributed by atoms with Crippen LogP contribution in [0.4, 0.5) is 17.6 Å². The number of rotatable bonds is 4. The molecule has 0 bridgehead atoms. The number of halogens is 4. The van der Waals surface area contributed by atoms with Crippen LogP contribution < -0.4 is 0 Å². The molecule has 0 amide bonds. The van der Waals surface area contributed by atoms with Crippen molar-refractivity contribution in [2.45, 2.75) is 30.3 Å². The van der Waals surface area contributed by atoms with E-state index < -0.39 is 28.5 Å². The van der Waals surface area contributed by atoms with E-state index >= 15 is 0 Å². The molecule has 9 heteroatoms. The van der Waals surface area contributed by atoms with Crippen molar-refractivity contribution in [1.82, 2.24) is 9.97 Å². The van der Waals surface area contributed by atoms with Gasteiger partial charge in [-0.25, -0.2) is 9.37 Å². The third-order valence-electron chi connectivity index (χ3n) is 4.76. The summed E-state index contributed by atoms with van der Waals surface area (Å²) in [4.78, 5) is 9.66. The van der Waals surface area contributed by atoms with Gasteiger partial charge in [0, 0.05) is 33.6 Å². The summed E-state index contributed by atoms with van der Waals surface area (Å²) in [5.41, 5.74) is 2.16. The second-order valence-corrected chi connectivity index (χ2v) is 9.49. The van der Waals surface area contributed by atoms with Crippen LogP contribution >= 0.6 is 11.3 Å². The molecule has 156 valence electrons. The van der Waals surface area contributed by atoms with Crippen LogP contribution in [0.5, 0.6) is 0 Å². The molecule has 0 fully saturated rings. The Morgan fingerprint density at radius 2 is 2.10 bits per heavy atom. The van der Waals surface area contributed by atoms with Gasteiger partial charge in [0.1, 0.15) is 16.6 Å². The van der Waals surface area contributed by atoms with E-state index in [9.17, 15) is 21.8 Å². The van der Waals surface area contributed by atoms with Gasteiger partial charge in [-0.3, -0.25) is 9.19 Å². The third-order valence-corrected chi connectivity index (χ3v) is 7.42. The number of hydrogen-bond donors (Lipinski definition) is 0. The Morgan fingerprint density at radius 3 is 2.80 bits per heavy atom. The van der Waals surface area contributed by atoms with E-state index in [1.807, 2.05) is 12.1 Å². The molecule has 1 aliphatic rings. The smallest absolute Gasteiger partial charge is 0.264 e. The Balaban J connectivity index is 1.64. The maximum absolute atomic E-state index is 14.7. The van der Waals surface area contributed by atoms with E-state index in [2.05, 4.69) is 9.97 Å². The fourth-order valence-corrected chi connectivity index (χ4v) is 5.59. The standard InChI is InChI=1S/C21H16F4N2OS2/c1-12-7-16(22)15(9-19(12)30(28)11-21(23,24)25)13-4-5-17-18(8-13)29-20(27-17)14-3-2-6-26-10-14/h2-7,9-10,13H,8,11H2,1H3. The monoisotopic (exact) mass is 452 g/mol. The second-order valence-electron chi connectivity index (χ2n) is 6.98. The van der Waals surface area contributed by atoms with Gasteiger partial charge in [0.25, 0.3) is 0 Å². The van der Waals surface area contributed by atoms with Gasteiger partial charge in [-0.05, 0) is 54.8 Å². The number of thiazole rings is 1. The first-order valence-corrected chi connectivity index (χ1v) is 11.2. The van der Waals surface area contributed by atoms with Gasteiger partial charge < -0.3 is 0 Å². The van der Waals surface area contributed by atoms with Crippen LogP contribution in [0.25, 0.3) is 16.6 Å². The number of hydrogen-bond acceptors (Lipinski definition) is 4. The number of benzene rings is 1. The van der Waals surface area contributed by atoms with Crippen molar-refractivity contribution in [3.63, 3.8) is 0 Å². The first-order chi connectivity index (χ1) is 14.2. The predicted molar refractivity (Wildman–Crippen MR) is 109 cm³/mol. The minimum Gasteiger partial charge on any atom is -0.264 e. The number of aromatic nitrogens is 2. The van der Waals surface area contributed by atoms with E-state index in [0.717, 1.165) is 27.2 Å². The maximum Gasteiger partial charge on any atom is 0.400 e. The lowest BCUT2D eigenvalue weighted by atomic mass is 9.90. The molecule has 4 rings (SSSR count). The van der Waals surface area contributed by atoms with Crippen LogP contribution in [0.3, 0.4) is 0 Å². The van der Waals surface area contributed by atoms with Crippen LogP contribution in [0.1, 0.15) is 27.6 Å². The van der Waals surface area contributed by atoms with Crippen molar-refractivity contribution in [1.29, 1.82) is 0 Å². The average molecular weight is 452 g/mol. The summed E-state index contributed by atoms with van der Waals surface area (Å²) in [5.74, 6) is -2.34. The molecule has 2 heterocycles. The first kappa shape index (κ1) is 20.9. The van der Waals surface area contributed by atoms with Crippen molar-refractivity contribution in [3.8, 4) is 10.6 Å². The van der Waals surface area contributed by atoms with Crippen LogP contribution in [-0.4, -0.2) is 26.1 Å². The molecule has 0 spiro atoms. The lowest BCUT2D eigenvalue weighted by molar-refractivity contribution is -0.105. The Hall–Kier alpha value is -2.39. The Kier molecular flexibility index (Phi) is 5.59. The van der Waals surface area contributed by atoms with E-state index in [-0.39, 0.29) is 21.9 Å². The molecule has 2 aromatic heterocycles. The summed E-state index contributed by atoms with van der Waals surface area (Å²) < 4.78 is 64.9. The van der Waals surface area contributed by atoms with Gasteiger partial charge in [-0.15, -0.1) is 11.3 Å². The molecular weight excluding hydrogens is 436 g/mol. The SMILES string of the molecule is Cc1cc(F)c(C2C=Cc3nc(-c4cccnc4)sc3C2)cc1S(=O)CC(F)(F)F. The average Bonchev–Trinajstić information content (AvgIpc) is 3.10. The zero-order valence-corrected chi connectivity index (χ0v) is 17.4. The lowest BCUT2D eigenvalue weighted by Gasteiger charge is -2.19. The largest absolute Gasteiger partial charge is 0.400 e. The highest BCUT2D eigenvalue weighted by atomic mass is 32.2. The van der Waals surface area contributed by atoms with Gasteiger partial charge in [0.2, 0.25) is 0 Å². The molecule has 3 aromatic rings. The van der Waals surface area contributed by atoms with Gasteiger partial charge in [-0.1, -0.05) is 6.08 Å². The van der Waals surface area contributed by atoms with Crippen molar-refractivity contribution < 1.29 is 21.8 Å². The molecule has 1 aromatic carbocycles. The summed E-state index contributed by atoms with van der Waals surface area (Å²) in [6.07, 6.45) is 2.89. The number of alkyl halides is 3. The minimum absolute atomic E-state index is 0.0169. The van der Waals surface area contributed by atoms with Gasteiger partial charge in [0.15, 0.2) is 0 Å². The van der Waals surface area contributed by atoms with E-state index in [4.69, 9.17) is 0 Å². The number of allylic oxidation sites excluding steroid dienone is 1. The number of aryl methyl sites for hydroxylation is 1. The Morgan fingerprint density at radius 1 is 1.30 bits per heavy atom. The van der Waals surface area contributed by atoms with E-state index in [0.29, 0.717) is 6.42 Å². The highest BCUT2D eigenvalue weighted by molar-refractivity contribution is 7.85. The molecule has 0 N–H and O–H groups in total. The predicted octanol–water partition coefficient (Wildman–Crippen LogP) is 5.68. The normalized spacial score (nSPS) is 17.0. The van der Waals surface area contributed by atoms with Crippen molar-refractivity contribution >= 4 is 28.2 Å². The molecule has 2 unspecified atom stereocenters. The second kappa shape index (κ2) is 8.03. The molecule has 2 atom stereocenters. The molecule has 0 saturated heterocycles. The van der Waals surface area contributed by atoms with Crippen LogP contribution in [0, 0.1) is 12.7 Å². The molecule has 0 radical (unpaired) electrons. The number of fused-ring (bicyclic) bond motifs is 1. The maximum atomic E-state index is 14.7. The fraction of sp³-hybridized carbons (Fsp3) is 0.238. The van der Waals surface area contributed by atoms with E-state index in [1.165, 1.54) is 24.3 Å². The number of nitrogens with zero attached hydrogens (tertiary/aromatic N) is 2. The Labute approximate surface area is 177 Å². The number of pyridine rings is 1. The molecule has 1 aliphatic carbocycles. The van der Waals surface area contributed by atoms with Gasteiger partial charge in [-0.2, -0.15) is 13.2 Å². The summed E-state index contributed by atoms with van der Waals surface area (Å²) in [6, 6.07) is 6.20. The zero-order valence-electron chi connectivity index (χ0n) is 15.7. The highest BCUT2D eigenvalue weighted by Crippen LogP contribution is 2.38. The van der Waals surface area contributed by atoms with Gasteiger partial charge >= 0.3 is 6.18 Å². The molecule has 0 saturated carbocycles. The highest BCUT2D eigenvalue weighted by Gasteiger charge is 2.32. The van der Waals surface area contributed by atoms with Crippen LogP contribution in [0.2, 0.25) is 0 Å². The summed E-state index contributed by atoms with van der Waals surface area (Å²) in [5, 5.41) is 0.801. The first-order valence-electron chi connectivity index (χ1n) is 9.05. The third kappa shape index (κ3) is 4.37. The van der Waals surface area contributed by atoms with Crippen molar-refractivity contribution in [2.75, 3.05) is 5.75 Å². The zero-order chi connectivity index (χ0) is 21.5. The summed E-state index contributed by atoms with van der Waals surface area (Å²) in [7, 11) is -2.29. The topological polar surface area (TPSA) is 42.9 Å². The molecule has 30 heavy (non-hydrogen) atoms. The van der Waals surface area contributed by atoms with E-state index in [1.54, 1.807) is 24.5 Å². The van der Waals surface area contributed by atoms with Crippen LogP contribution in [0.15, 0.2) is 47.6 Å². The fourth-order valence-electron chi connectivity index (χ4n) is 3.37. The summed E-state index contributed by atoms with van der Waals surface area (Å²) >= 11 is 1.48. The molecule has 0 aliphatic heterocycles. The molecule has 3 nitrogen and oxygen atoms in total. The molecular formula is C21H16F4N2OS2. The van der Waals surface area contributed by atoms with Crippen molar-refractivity contribution in [2.24, 2.45) is 0 Å². The summed E-state index contributed by atoms with van der Waals surface area (Å²) in [6.45, 7) is 1.47. The quantitative estimate of drug-likeness (QED) is 0.479. The van der Waals surface area contributed by atoms with Crippen LogP contribution in [-0.2, 0) is 17.2 Å². The Bertz CT molecular complexity index is 1140.